The summed E-state index contributed by atoms with van der Waals surface area (Å²) in [6.07, 6.45) is 0.664. The second-order valence-corrected chi connectivity index (χ2v) is 4.49. The van der Waals surface area contributed by atoms with Gasteiger partial charge in [0, 0.05) is 24.7 Å². The molecular formula is C13H16F2N2O. The minimum atomic E-state index is -0.660. The highest BCUT2D eigenvalue weighted by molar-refractivity contribution is 5.79. The van der Waals surface area contributed by atoms with Crippen molar-refractivity contribution in [3.63, 3.8) is 0 Å². The maximum Gasteiger partial charge on any atom is 0.227 e. The number of amides is 1. The van der Waals surface area contributed by atoms with Crippen molar-refractivity contribution in [1.29, 1.82) is 0 Å². The van der Waals surface area contributed by atoms with E-state index < -0.39 is 11.6 Å². The summed E-state index contributed by atoms with van der Waals surface area (Å²) in [5.41, 5.74) is -0.143. The maximum absolute atomic E-state index is 13.4. The number of likely N-dealkylation sites (tertiary alicyclic amines) is 1. The first-order valence-electron chi connectivity index (χ1n) is 5.99. The average molecular weight is 254 g/mol. The minimum Gasteiger partial charge on any atom is -0.341 e. The van der Waals surface area contributed by atoms with Crippen molar-refractivity contribution < 1.29 is 13.6 Å². The standard InChI is InChI=1S/C13H16F2N2O/c1-16-9-5-6-17(8-9)13(18)7-10-11(14)3-2-4-12(10)15/h2-4,9,16H,5-8H2,1H3. The molecule has 0 bridgehead atoms. The molecule has 98 valence electrons. The fourth-order valence-electron chi connectivity index (χ4n) is 2.19. The number of benzene rings is 1. The second-order valence-electron chi connectivity index (χ2n) is 4.49. The van der Waals surface area contributed by atoms with Crippen LogP contribution in [0.3, 0.4) is 0 Å². The van der Waals surface area contributed by atoms with Crippen molar-refractivity contribution in [2.24, 2.45) is 0 Å². The van der Waals surface area contributed by atoms with Crippen molar-refractivity contribution >= 4 is 5.91 Å². The monoisotopic (exact) mass is 254 g/mol. The molecule has 1 heterocycles. The number of carbonyl (C=O) groups excluding carboxylic acids is 1. The zero-order valence-electron chi connectivity index (χ0n) is 10.2. The topological polar surface area (TPSA) is 32.3 Å². The lowest BCUT2D eigenvalue weighted by molar-refractivity contribution is -0.129. The van der Waals surface area contributed by atoms with Crippen molar-refractivity contribution in [1.82, 2.24) is 10.2 Å². The number of nitrogens with one attached hydrogen (secondary N) is 1. The first-order valence-corrected chi connectivity index (χ1v) is 5.99. The molecule has 1 aliphatic rings. The van der Waals surface area contributed by atoms with Gasteiger partial charge in [-0.3, -0.25) is 4.79 Å². The maximum atomic E-state index is 13.4. The Labute approximate surface area is 105 Å². The smallest absolute Gasteiger partial charge is 0.227 e. The van der Waals surface area contributed by atoms with E-state index in [-0.39, 0.29) is 23.9 Å². The molecule has 1 saturated heterocycles. The zero-order valence-corrected chi connectivity index (χ0v) is 10.2. The Bertz CT molecular complexity index is 430. The van der Waals surface area contributed by atoms with Gasteiger partial charge in [-0.2, -0.15) is 0 Å². The van der Waals surface area contributed by atoms with Gasteiger partial charge in [0.1, 0.15) is 11.6 Å². The Kier molecular flexibility index (Phi) is 3.91. The summed E-state index contributed by atoms with van der Waals surface area (Å²) in [5, 5.41) is 3.09. The van der Waals surface area contributed by atoms with Crippen LogP contribution in [-0.2, 0) is 11.2 Å². The van der Waals surface area contributed by atoms with Crippen LogP contribution in [0.15, 0.2) is 18.2 Å². The van der Waals surface area contributed by atoms with Crippen molar-refractivity contribution in [3.8, 4) is 0 Å². The van der Waals surface area contributed by atoms with E-state index in [0.29, 0.717) is 13.1 Å². The highest BCUT2D eigenvalue weighted by atomic mass is 19.1. The summed E-state index contributed by atoms with van der Waals surface area (Å²) in [5.74, 6) is -1.54. The molecule has 0 aromatic heterocycles. The zero-order chi connectivity index (χ0) is 13.1. The van der Waals surface area contributed by atoms with Crippen LogP contribution in [0, 0.1) is 11.6 Å². The predicted octanol–water partition coefficient (Wildman–Crippen LogP) is 1.33. The first kappa shape index (κ1) is 13.0. The van der Waals surface area contributed by atoms with E-state index in [9.17, 15) is 13.6 Å². The van der Waals surface area contributed by atoms with Crippen LogP contribution < -0.4 is 5.32 Å². The summed E-state index contributed by atoms with van der Waals surface area (Å²) in [4.78, 5) is 13.6. The van der Waals surface area contributed by atoms with Crippen LogP contribution in [0.4, 0.5) is 8.78 Å². The number of nitrogens with zero attached hydrogens (tertiary/aromatic N) is 1. The third kappa shape index (κ3) is 2.67. The van der Waals surface area contributed by atoms with E-state index >= 15 is 0 Å². The van der Waals surface area contributed by atoms with Crippen molar-refractivity contribution in [2.45, 2.75) is 18.9 Å². The molecule has 1 aliphatic heterocycles. The molecule has 1 fully saturated rings. The average Bonchev–Trinajstić information content (AvgIpc) is 2.82. The van der Waals surface area contributed by atoms with Crippen LogP contribution >= 0.6 is 0 Å². The molecule has 18 heavy (non-hydrogen) atoms. The number of rotatable bonds is 3. The van der Waals surface area contributed by atoms with Crippen LogP contribution in [0.5, 0.6) is 0 Å². The highest BCUT2D eigenvalue weighted by Gasteiger charge is 2.26. The van der Waals surface area contributed by atoms with E-state index in [1.807, 2.05) is 7.05 Å². The molecule has 3 nitrogen and oxygen atoms in total. The normalized spacial score (nSPS) is 19.3. The Morgan fingerprint density at radius 1 is 1.44 bits per heavy atom. The summed E-state index contributed by atoms with van der Waals surface area (Å²) < 4.78 is 26.8. The molecule has 5 heteroatoms. The number of carbonyl (C=O) groups is 1. The Hall–Kier alpha value is -1.49. The Morgan fingerprint density at radius 2 is 2.11 bits per heavy atom. The van der Waals surface area contributed by atoms with Gasteiger partial charge >= 0.3 is 0 Å². The number of hydrogen-bond acceptors (Lipinski definition) is 2. The molecule has 1 atom stereocenters. The number of likely N-dealkylation sites (N-methyl/N-ethyl adjacent to an activating group) is 1. The first-order chi connectivity index (χ1) is 8.61. The van der Waals surface area contributed by atoms with Gasteiger partial charge in [-0.05, 0) is 25.6 Å². The molecule has 0 aliphatic carbocycles. The minimum absolute atomic E-state index is 0.143. The summed E-state index contributed by atoms with van der Waals surface area (Å²) >= 11 is 0. The van der Waals surface area contributed by atoms with Gasteiger partial charge in [0.15, 0.2) is 0 Å². The van der Waals surface area contributed by atoms with E-state index in [4.69, 9.17) is 0 Å². The number of halogens is 2. The summed E-state index contributed by atoms with van der Waals surface area (Å²) in [6, 6.07) is 3.92. The fraction of sp³-hybridized carbons (Fsp3) is 0.462. The Morgan fingerprint density at radius 3 is 2.67 bits per heavy atom. The largest absolute Gasteiger partial charge is 0.341 e. The van der Waals surface area contributed by atoms with Crippen molar-refractivity contribution in [2.75, 3.05) is 20.1 Å². The number of hydrogen-bond donors (Lipinski definition) is 1. The molecule has 1 aromatic rings. The third-order valence-corrected chi connectivity index (χ3v) is 3.34. The molecule has 1 N–H and O–H groups in total. The second kappa shape index (κ2) is 5.44. The quantitative estimate of drug-likeness (QED) is 0.882. The predicted molar refractivity (Wildman–Crippen MR) is 64.1 cm³/mol. The highest BCUT2D eigenvalue weighted by Crippen LogP contribution is 2.16. The lowest BCUT2D eigenvalue weighted by atomic mass is 10.1. The van der Waals surface area contributed by atoms with Gasteiger partial charge in [0.05, 0.1) is 6.42 Å². The molecule has 2 rings (SSSR count). The lowest BCUT2D eigenvalue weighted by Crippen LogP contribution is -2.34. The third-order valence-electron chi connectivity index (χ3n) is 3.34. The van der Waals surface area contributed by atoms with Crippen LogP contribution in [-0.4, -0.2) is 37.0 Å². The fourth-order valence-corrected chi connectivity index (χ4v) is 2.19. The van der Waals surface area contributed by atoms with Crippen LogP contribution in [0.2, 0.25) is 0 Å². The van der Waals surface area contributed by atoms with E-state index in [0.717, 1.165) is 6.42 Å². The van der Waals surface area contributed by atoms with Gasteiger partial charge in [0.2, 0.25) is 5.91 Å². The van der Waals surface area contributed by atoms with Gasteiger partial charge in [0.25, 0.3) is 0 Å². The van der Waals surface area contributed by atoms with E-state index in [1.165, 1.54) is 18.2 Å². The molecule has 1 unspecified atom stereocenters. The molecular weight excluding hydrogens is 238 g/mol. The van der Waals surface area contributed by atoms with Crippen LogP contribution in [0.25, 0.3) is 0 Å². The SMILES string of the molecule is CNC1CCN(C(=O)Cc2c(F)cccc2F)C1. The summed E-state index contributed by atoms with van der Waals surface area (Å²) in [7, 11) is 1.84. The molecule has 0 radical (unpaired) electrons. The van der Waals surface area contributed by atoms with Gasteiger partial charge < -0.3 is 10.2 Å². The lowest BCUT2D eigenvalue weighted by Gasteiger charge is -2.16. The van der Waals surface area contributed by atoms with Crippen molar-refractivity contribution in [3.05, 3.63) is 35.4 Å². The van der Waals surface area contributed by atoms with Crippen LogP contribution in [0.1, 0.15) is 12.0 Å². The molecule has 1 amide bonds. The van der Waals surface area contributed by atoms with E-state index in [1.54, 1.807) is 4.90 Å². The molecule has 0 saturated carbocycles. The van der Waals surface area contributed by atoms with E-state index in [2.05, 4.69) is 5.32 Å². The Balaban J connectivity index is 2.04. The van der Waals surface area contributed by atoms with Gasteiger partial charge in [-0.15, -0.1) is 0 Å². The summed E-state index contributed by atoms with van der Waals surface area (Å²) in [6.45, 7) is 1.24. The van der Waals surface area contributed by atoms with Gasteiger partial charge in [-0.1, -0.05) is 6.07 Å². The van der Waals surface area contributed by atoms with Gasteiger partial charge in [-0.25, -0.2) is 8.78 Å². The molecule has 0 spiro atoms. The molecule has 1 aromatic carbocycles.